The lowest BCUT2D eigenvalue weighted by molar-refractivity contribution is -0.137. The highest BCUT2D eigenvalue weighted by molar-refractivity contribution is 6.06. The van der Waals surface area contributed by atoms with Crippen LogP contribution in [0, 0.1) is 0 Å². The van der Waals surface area contributed by atoms with Gasteiger partial charge in [0.2, 0.25) is 0 Å². The molecule has 5 nitrogen and oxygen atoms in total. The normalized spacial score (nSPS) is 20.2. The molecule has 1 aliphatic rings. The molecule has 0 saturated heterocycles. The van der Waals surface area contributed by atoms with Crippen LogP contribution >= 0.6 is 0 Å². The molecular weight excluding hydrogens is 404 g/mol. The lowest BCUT2D eigenvalue weighted by Gasteiger charge is -2.31. The van der Waals surface area contributed by atoms with E-state index in [1.165, 1.54) is 30.4 Å². The van der Waals surface area contributed by atoms with Crippen molar-refractivity contribution in [1.29, 1.82) is 0 Å². The molecule has 1 aliphatic carbocycles. The Bertz CT molecular complexity index is 1050. The van der Waals surface area contributed by atoms with Crippen LogP contribution in [0.25, 0.3) is 0 Å². The van der Waals surface area contributed by atoms with Gasteiger partial charge in [-0.2, -0.15) is 0 Å². The van der Waals surface area contributed by atoms with Gasteiger partial charge >= 0.3 is 5.97 Å². The molecular formula is C24H23F2NO4. The first-order valence-electron chi connectivity index (χ1n) is 9.85. The summed E-state index contributed by atoms with van der Waals surface area (Å²) < 4.78 is 27.9. The van der Waals surface area contributed by atoms with Gasteiger partial charge in [-0.15, -0.1) is 0 Å². The van der Waals surface area contributed by atoms with Crippen molar-refractivity contribution in [3.63, 3.8) is 0 Å². The minimum absolute atomic E-state index is 0.0279. The molecule has 0 aliphatic heterocycles. The van der Waals surface area contributed by atoms with Crippen LogP contribution in [0.1, 0.15) is 41.3 Å². The lowest BCUT2D eigenvalue weighted by atomic mass is 9.75. The number of aryl methyl sites for hydroxylation is 1. The molecule has 0 saturated carbocycles. The largest absolute Gasteiger partial charge is 0.507 e. The van der Waals surface area contributed by atoms with Gasteiger partial charge in [0.15, 0.2) is 0 Å². The van der Waals surface area contributed by atoms with Crippen molar-refractivity contribution in [2.45, 2.75) is 37.8 Å². The first-order valence-corrected chi connectivity index (χ1v) is 9.85. The van der Waals surface area contributed by atoms with Crippen LogP contribution in [0.5, 0.6) is 5.75 Å². The molecule has 2 aromatic rings. The number of carbonyl (C=O) groups is 2. The average Bonchev–Trinajstić information content (AvgIpc) is 2.72. The number of hydrogen-bond donors (Lipinski definition) is 3. The van der Waals surface area contributed by atoms with Crippen molar-refractivity contribution >= 4 is 17.6 Å². The zero-order valence-electron chi connectivity index (χ0n) is 16.9. The molecule has 0 spiro atoms. The Hall–Kier alpha value is -3.48. The average molecular weight is 427 g/mol. The van der Waals surface area contributed by atoms with Gasteiger partial charge in [-0.3, -0.25) is 9.59 Å². The third kappa shape index (κ3) is 5.17. The summed E-state index contributed by atoms with van der Waals surface area (Å²) in [4.78, 5) is 23.3. The molecule has 2 aromatic carbocycles. The molecule has 3 rings (SSSR count). The number of halogens is 2. The molecule has 1 amide bonds. The summed E-state index contributed by atoms with van der Waals surface area (Å²) in [7, 11) is 0. The summed E-state index contributed by atoms with van der Waals surface area (Å²) in [6.45, 7) is 1.59. The van der Waals surface area contributed by atoms with Gasteiger partial charge in [0.1, 0.15) is 17.7 Å². The van der Waals surface area contributed by atoms with Crippen LogP contribution in [0.15, 0.2) is 66.5 Å². The summed E-state index contributed by atoms with van der Waals surface area (Å²) in [5.74, 6) is -2.33. The van der Waals surface area contributed by atoms with Crippen LogP contribution in [0.3, 0.4) is 0 Å². The molecule has 0 heterocycles. The van der Waals surface area contributed by atoms with Crippen molar-refractivity contribution in [3.8, 4) is 5.75 Å². The molecule has 7 heteroatoms. The number of phenols is 1. The Morgan fingerprint density at radius 2 is 1.87 bits per heavy atom. The van der Waals surface area contributed by atoms with Crippen molar-refractivity contribution < 1.29 is 28.6 Å². The number of aromatic hydroxyl groups is 1. The highest BCUT2D eigenvalue weighted by atomic mass is 19.1. The Morgan fingerprint density at radius 3 is 2.52 bits per heavy atom. The van der Waals surface area contributed by atoms with Gasteiger partial charge in [0, 0.05) is 17.5 Å². The number of phenolic OH excluding ortho intramolecular Hbond substituents is 1. The van der Waals surface area contributed by atoms with Crippen molar-refractivity contribution in [1.82, 2.24) is 0 Å². The predicted octanol–water partition coefficient (Wildman–Crippen LogP) is 5.07. The number of nitrogens with one attached hydrogen (secondary N) is 1. The molecule has 0 radical (unpaired) electrons. The smallest absolute Gasteiger partial charge is 0.303 e. The number of aliphatic carboxylic acids is 1. The van der Waals surface area contributed by atoms with E-state index < -0.39 is 29.3 Å². The fourth-order valence-corrected chi connectivity index (χ4v) is 3.42. The van der Waals surface area contributed by atoms with Crippen molar-refractivity contribution in [2.75, 3.05) is 5.32 Å². The standard InChI is InChI=1S/C24H23F2NO4/c1-24(12-11-17(25)14-21(24)26)16-7-10-20(28)19(13-16)23(31)27-18-8-5-15(6-9-18)3-2-4-22(29)30/h5-14,21,28H,2-4H2,1H3,(H,27,31)(H,29,30). The molecule has 2 atom stereocenters. The highest BCUT2D eigenvalue weighted by Crippen LogP contribution is 2.38. The number of benzene rings is 2. The number of allylic oxidation sites excluding steroid dienone is 4. The predicted molar refractivity (Wildman–Crippen MR) is 114 cm³/mol. The number of carboxylic acid groups (broad SMARTS) is 1. The fraction of sp³-hybridized carbons (Fsp3) is 0.250. The zero-order chi connectivity index (χ0) is 22.6. The minimum Gasteiger partial charge on any atom is -0.507 e. The SMILES string of the molecule is CC1(c2ccc(O)c(C(=O)Nc3ccc(CCCC(=O)O)cc3)c2)C=CC(F)=CC1F. The number of anilines is 1. The molecule has 2 unspecified atom stereocenters. The van der Waals surface area contributed by atoms with Gasteiger partial charge in [-0.25, -0.2) is 8.78 Å². The number of carboxylic acids is 1. The lowest BCUT2D eigenvalue weighted by Crippen LogP contribution is -2.32. The maximum atomic E-state index is 14.6. The molecule has 0 bridgehead atoms. The number of amides is 1. The van der Waals surface area contributed by atoms with Crippen LogP contribution in [-0.2, 0) is 16.6 Å². The molecule has 31 heavy (non-hydrogen) atoms. The second kappa shape index (κ2) is 9.12. The Kier molecular flexibility index (Phi) is 6.53. The van der Waals surface area contributed by atoms with Gasteiger partial charge in [-0.1, -0.05) is 24.3 Å². The summed E-state index contributed by atoms with van der Waals surface area (Å²) >= 11 is 0. The Balaban J connectivity index is 1.74. The van der Waals surface area contributed by atoms with Gasteiger partial charge in [-0.05, 0) is 67.3 Å². The van der Waals surface area contributed by atoms with E-state index in [1.54, 1.807) is 31.2 Å². The second-order valence-electron chi connectivity index (χ2n) is 7.70. The maximum absolute atomic E-state index is 14.6. The number of rotatable bonds is 7. The van der Waals surface area contributed by atoms with Crippen LogP contribution in [0.4, 0.5) is 14.5 Å². The van der Waals surface area contributed by atoms with E-state index >= 15 is 0 Å². The van der Waals surface area contributed by atoms with Crippen LogP contribution in [0.2, 0.25) is 0 Å². The number of hydrogen-bond acceptors (Lipinski definition) is 3. The summed E-state index contributed by atoms with van der Waals surface area (Å²) in [6, 6.07) is 11.2. The Labute approximate surface area is 178 Å². The topological polar surface area (TPSA) is 86.6 Å². The van der Waals surface area contributed by atoms with Crippen LogP contribution in [-0.4, -0.2) is 28.3 Å². The second-order valence-corrected chi connectivity index (χ2v) is 7.70. The maximum Gasteiger partial charge on any atom is 0.303 e. The minimum atomic E-state index is -1.62. The molecule has 0 aromatic heterocycles. The monoisotopic (exact) mass is 427 g/mol. The van der Waals surface area contributed by atoms with E-state index in [2.05, 4.69) is 5.32 Å². The van der Waals surface area contributed by atoms with E-state index in [0.717, 1.165) is 11.6 Å². The van der Waals surface area contributed by atoms with E-state index in [0.29, 0.717) is 24.1 Å². The van der Waals surface area contributed by atoms with Gasteiger partial charge in [0.05, 0.1) is 5.56 Å². The highest BCUT2D eigenvalue weighted by Gasteiger charge is 2.36. The molecule has 3 N–H and O–H groups in total. The summed E-state index contributed by atoms with van der Waals surface area (Å²) in [5.41, 5.74) is 0.663. The summed E-state index contributed by atoms with van der Waals surface area (Å²) in [6.07, 6.45) is 3.06. The Morgan fingerprint density at radius 1 is 1.16 bits per heavy atom. The first kappa shape index (κ1) is 22.2. The van der Waals surface area contributed by atoms with Crippen molar-refractivity contribution in [2.24, 2.45) is 0 Å². The third-order valence-electron chi connectivity index (χ3n) is 5.40. The molecule has 162 valence electrons. The molecule has 0 fully saturated rings. The first-order chi connectivity index (χ1) is 14.7. The van der Waals surface area contributed by atoms with Gasteiger partial charge in [0.25, 0.3) is 5.91 Å². The van der Waals surface area contributed by atoms with E-state index in [1.807, 2.05) is 0 Å². The third-order valence-corrected chi connectivity index (χ3v) is 5.40. The number of carbonyl (C=O) groups excluding carboxylic acids is 1. The zero-order valence-corrected chi connectivity index (χ0v) is 16.9. The van der Waals surface area contributed by atoms with Gasteiger partial charge < -0.3 is 15.5 Å². The van der Waals surface area contributed by atoms with E-state index in [9.17, 15) is 23.5 Å². The summed E-state index contributed by atoms with van der Waals surface area (Å²) in [5, 5.41) is 21.6. The fourth-order valence-electron chi connectivity index (χ4n) is 3.42. The van der Waals surface area contributed by atoms with Crippen LogP contribution < -0.4 is 5.32 Å². The van der Waals surface area contributed by atoms with E-state index in [4.69, 9.17) is 5.11 Å². The quantitative estimate of drug-likeness (QED) is 0.576. The van der Waals surface area contributed by atoms with E-state index in [-0.39, 0.29) is 17.7 Å². The number of alkyl halides is 1. The van der Waals surface area contributed by atoms with Crippen molar-refractivity contribution in [3.05, 3.63) is 83.2 Å².